The van der Waals surface area contributed by atoms with Gasteiger partial charge in [-0.05, 0) is 0 Å². The highest BCUT2D eigenvalue weighted by Gasteiger charge is 2.11. The molecule has 0 amide bonds. The van der Waals surface area contributed by atoms with Crippen molar-refractivity contribution in [2.24, 2.45) is 0 Å². The summed E-state index contributed by atoms with van der Waals surface area (Å²) in [6.07, 6.45) is 0.526. The SMILES string of the molecule is N#COC(OC=O)c1ccccc1.S. The predicted molar refractivity (Wildman–Crippen MR) is 53.4 cm³/mol. The molecule has 0 radical (unpaired) electrons. The smallest absolute Gasteiger partial charge is 0.296 e. The van der Waals surface area contributed by atoms with Gasteiger partial charge in [0.05, 0.1) is 0 Å². The summed E-state index contributed by atoms with van der Waals surface area (Å²) in [5, 5.41) is 8.26. The van der Waals surface area contributed by atoms with Crippen molar-refractivity contribution < 1.29 is 14.3 Å². The van der Waals surface area contributed by atoms with Gasteiger partial charge < -0.3 is 9.47 Å². The topological polar surface area (TPSA) is 59.3 Å². The Morgan fingerprint density at radius 3 is 2.50 bits per heavy atom. The van der Waals surface area contributed by atoms with Gasteiger partial charge in [-0.1, -0.05) is 30.3 Å². The Morgan fingerprint density at radius 2 is 2.00 bits per heavy atom. The van der Waals surface area contributed by atoms with E-state index in [1.807, 2.05) is 6.07 Å². The van der Waals surface area contributed by atoms with Gasteiger partial charge in [0.25, 0.3) is 19.0 Å². The minimum Gasteiger partial charge on any atom is -0.422 e. The second kappa shape index (κ2) is 6.80. The molecule has 74 valence electrons. The Bertz CT molecular complexity index is 310. The molecule has 4 nitrogen and oxygen atoms in total. The molecule has 14 heavy (non-hydrogen) atoms. The van der Waals surface area contributed by atoms with Crippen molar-refractivity contribution in [1.29, 1.82) is 5.26 Å². The van der Waals surface area contributed by atoms with Crippen molar-refractivity contribution in [3.63, 3.8) is 0 Å². The molecule has 0 N–H and O–H groups in total. The molecule has 1 rings (SSSR count). The number of hydrogen-bond donors (Lipinski definition) is 0. The highest BCUT2D eigenvalue weighted by molar-refractivity contribution is 7.59. The number of hydrogen-bond acceptors (Lipinski definition) is 4. The van der Waals surface area contributed by atoms with Gasteiger partial charge in [-0.25, -0.2) is 0 Å². The molecule has 1 aromatic carbocycles. The number of rotatable bonds is 4. The first kappa shape index (κ1) is 12.3. The van der Waals surface area contributed by atoms with E-state index in [0.717, 1.165) is 0 Å². The zero-order chi connectivity index (χ0) is 9.52. The minimum atomic E-state index is -0.941. The van der Waals surface area contributed by atoms with Gasteiger partial charge in [0.2, 0.25) is 0 Å². The van der Waals surface area contributed by atoms with Crippen LogP contribution in [0.15, 0.2) is 30.3 Å². The number of ether oxygens (including phenoxy) is 2. The average Bonchev–Trinajstić information content (AvgIpc) is 2.19. The van der Waals surface area contributed by atoms with E-state index in [2.05, 4.69) is 9.47 Å². The van der Waals surface area contributed by atoms with Crippen molar-refractivity contribution in [1.82, 2.24) is 0 Å². The average molecular weight is 211 g/mol. The van der Waals surface area contributed by atoms with Crippen LogP contribution in [0.4, 0.5) is 0 Å². The molecular weight excluding hydrogens is 202 g/mol. The third kappa shape index (κ3) is 3.37. The standard InChI is InChI=1S/C9H7NO3.H2S/c10-6-12-9(13-7-11)8-4-2-1-3-5-8;/h1-5,7,9H;1H2. The lowest BCUT2D eigenvalue weighted by Gasteiger charge is -2.10. The molecule has 0 spiro atoms. The number of carbonyl (C=O) groups is 1. The van der Waals surface area contributed by atoms with E-state index >= 15 is 0 Å². The fraction of sp³-hybridized carbons (Fsp3) is 0.111. The third-order valence-electron chi connectivity index (χ3n) is 1.41. The van der Waals surface area contributed by atoms with Crippen molar-refractivity contribution in [3.8, 4) is 6.26 Å². The van der Waals surface area contributed by atoms with Crippen LogP contribution >= 0.6 is 13.5 Å². The van der Waals surface area contributed by atoms with Crippen LogP contribution in [0, 0.1) is 11.5 Å². The van der Waals surface area contributed by atoms with Crippen LogP contribution < -0.4 is 0 Å². The monoisotopic (exact) mass is 211 g/mol. The van der Waals surface area contributed by atoms with Gasteiger partial charge in [-0.2, -0.15) is 18.8 Å². The predicted octanol–water partition coefficient (Wildman–Crippen LogP) is 1.47. The maximum atomic E-state index is 10.1. The molecule has 1 unspecified atom stereocenters. The number of nitriles is 1. The second-order valence-corrected chi connectivity index (χ2v) is 2.18. The summed E-state index contributed by atoms with van der Waals surface area (Å²) in [4.78, 5) is 10.1. The first-order valence-electron chi connectivity index (χ1n) is 3.57. The fourth-order valence-corrected chi connectivity index (χ4v) is 0.883. The molecular formula is C9H9NO3S. The molecule has 0 aromatic heterocycles. The molecule has 0 saturated heterocycles. The lowest BCUT2D eigenvalue weighted by molar-refractivity contribution is -0.152. The largest absolute Gasteiger partial charge is 0.422 e. The van der Waals surface area contributed by atoms with E-state index in [0.29, 0.717) is 5.56 Å². The van der Waals surface area contributed by atoms with Crippen molar-refractivity contribution >= 4 is 20.0 Å². The summed E-state index contributed by atoms with van der Waals surface area (Å²) in [5.74, 6) is 0. The van der Waals surface area contributed by atoms with Gasteiger partial charge in [0.1, 0.15) is 0 Å². The van der Waals surface area contributed by atoms with E-state index in [1.165, 1.54) is 6.26 Å². The summed E-state index contributed by atoms with van der Waals surface area (Å²) in [5.41, 5.74) is 0.621. The Hall–Kier alpha value is -1.67. The molecule has 5 heteroatoms. The summed E-state index contributed by atoms with van der Waals surface area (Å²) in [6.45, 7) is 0.245. The number of carbonyl (C=O) groups excluding carboxylic acids is 1. The molecule has 0 saturated carbocycles. The van der Waals surface area contributed by atoms with Gasteiger partial charge in [-0.15, -0.1) is 0 Å². The highest BCUT2D eigenvalue weighted by Crippen LogP contribution is 2.16. The molecule has 1 atom stereocenters. The van der Waals surface area contributed by atoms with Crippen LogP contribution in [0.3, 0.4) is 0 Å². The van der Waals surface area contributed by atoms with Gasteiger partial charge in [0, 0.05) is 5.56 Å². The summed E-state index contributed by atoms with van der Waals surface area (Å²) < 4.78 is 9.06. The Labute approximate surface area is 88.5 Å². The molecule has 0 heterocycles. The molecule has 0 fully saturated rings. The maximum Gasteiger partial charge on any atom is 0.296 e. The molecule has 0 bridgehead atoms. The first-order valence-corrected chi connectivity index (χ1v) is 3.57. The lowest BCUT2D eigenvalue weighted by Crippen LogP contribution is -2.04. The Kier molecular flexibility index (Phi) is 5.99. The van der Waals surface area contributed by atoms with Crippen LogP contribution in [0.2, 0.25) is 0 Å². The van der Waals surface area contributed by atoms with E-state index < -0.39 is 6.29 Å². The van der Waals surface area contributed by atoms with E-state index in [1.54, 1.807) is 24.3 Å². The van der Waals surface area contributed by atoms with Crippen LogP contribution in [-0.4, -0.2) is 6.47 Å². The Balaban J connectivity index is 0.00000169. The first-order chi connectivity index (χ1) is 6.38. The van der Waals surface area contributed by atoms with Crippen molar-refractivity contribution in [3.05, 3.63) is 35.9 Å². The quantitative estimate of drug-likeness (QED) is 0.430. The minimum absolute atomic E-state index is 0. The number of benzene rings is 1. The highest BCUT2D eigenvalue weighted by atomic mass is 32.1. The zero-order valence-electron chi connectivity index (χ0n) is 7.21. The summed E-state index contributed by atoms with van der Waals surface area (Å²) >= 11 is 0. The fourth-order valence-electron chi connectivity index (χ4n) is 0.883. The molecule has 0 aliphatic rings. The normalized spacial score (nSPS) is 10.2. The lowest BCUT2D eigenvalue weighted by atomic mass is 10.2. The van der Waals surface area contributed by atoms with E-state index in [9.17, 15) is 4.79 Å². The zero-order valence-corrected chi connectivity index (χ0v) is 8.21. The summed E-state index contributed by atoms with van der Waals surface area (Å²) in [6, 6.07) is 8.74. The third-order valence-corrected chi connectivity index (χ3v) is 1.41. The van der Waals surface area contributed by atoms with Crippen LogP contribution in [0.5, 0.6) is 0 Å². The summed E-state index contributed by atoms with van der Waals surface area (Å²) in [7, 11) is 0. The number of nitrogens with zero attached hydrogens (tertiary/aromatic N) is 1. The van der Waals surface area contributed by atoms with Gasteiger partial charge in [0.15, 0.2) is 0 Å². The van der Waals surface area contributed by atoms with E-state index in [4.69, 9.17) is 5.26 Å². The molecule has 1 aromatic rings. The Morgan fingerprint density at radius 1 is 1.36 bits per heavy atom. The van der Waals surface area contributed by atoms with Crippen molar-refractivity contribution in [2.45, 2.75) is 6.29 Å². The molecule has 0 aliphatic carbocycles. The van der Waals surface area contributed by atoms with Crippen molar-refractivity contribution in [2.75, 3.05) is 0 Å². The van der Waals surface area contributed by atoms with Crippen LogP contribution in [0.1, 0.15) is 11.9 Å². The maximum absolute atomic E-state index is 10.1. The van der Waals surface area contributed by atoms with Gasteiger partial charge >= 0.3 is 0 Å². The van der Waals surface area contributed by atoms with Crippen LogP contribution in [0.25, 0.3) is 0 Å². The molecule has 0 aliphatic heterocycles. The van der Waals surface area contributed by atoms with Crippen LogP contribution in [-0.2, 0) is 14.3 Å². The van der Waals surface area contributed by atoms with E-state index in [-0.39, 0.29) is 20.0 Å². The van der Waals surface area contributed by atoms with Gasteiger partial charge in [-0.3, -0.25) is 4.79 Å². The second-order valence-electron chi connectivity index (χ2n) is 2.18.